The molecule has 0 aliphatic carbocycles. The van der Waals surface area contributed by atoms with Gasteiger partial charge in [0.05, 0.1) is 13.1 Å². The number of phenols is 1. The third-order valence-corrected chi connectivity index (χ3v) is 4.28. The maximum atomic E-state index is 12.2. The van der Waals surface area contributed by atoms with Gasteiger partial charge in [0.2, 0.25) is 0 Å². The first-order chi connectivity index (χ1) is 8.25. The Kier molecular flexibility index (Phi) is 2.63. The normalized spacial score (nSPS) is 31.8. The molecule has 0 aromatic heterocycles. The van der Waals surface area contributed by atoms with Crippen molar-refractivity contribution in [2.75, 3.05) is 13.1 Å². The lowest BCUT2D eigenvalue weighted by atomic mass is 9.80. The molecule has 1 atom stereocenters. The molecule has 3 nitrogen and oxygen atoms in total. The predicted octanol–water partition coefficient (Wildman–Crippen LogP) is 0.181. The van der Waals surface area contributed by atoms with Crippen LogP contribution in [0.3, 0.4) is 0 Å². The van der Waals surface area contributed by atoms with Gasteiger partial charge in [-0.2, -0.15) is 0 Å². The highest BCUT2D eigenvalue weighted by Gasteiger charge is 2.44. The van der Waals surface area contributed by atoms with Crippen molar-refractivity contribution in [1.29, 1.82) is 0 Å². The molecular weight excluding hydrogens is 214 g/mol. The van der Waals surface area contributed by atoms with Gasteiger partial charge in [-0.05, 0) is 6.07 Å². The molecule has 90 valence electrons. The van der Waals surface area contributed by atoms with E-state index in [1.807, 2.05) is 18.2 Å². The quantitative estimate of drug-likeness (QED) is 0.764. The Hall–Kier alpha value is -1.35. The van der Waals surface area contributed by atoms with Crippen LogP contribution in [0.5, 0.6) is 5.75 Å². The maximum Gasteiger partial charge on any atom is 0.193 e. The van der Waals surface area contributed by atoms with E-state index in [0.717, 1.165) is 31.5 Å². The van der Waals surface area contributed by atoms with Gasteiger partial charge in [-0.25, -0.2) is 0 Å². The van der Waals surface area contributed by atoms with E-state index < -0.39 is 0 Å². The summed E-state index contributed by atoms with van der Waals surface area (Å²) in [5.74, 6) is 1.03. The van der Waals surface area contributed by atoms with E-state index >= 15 is 0 Å². The number of para-hydroxylation sites is 1. The molecule has 0 spiro atoms. The van der Waals surface area contributed by atoms with E-state index in [-0.39, 0.29) is 6.04 Å². The molecule has 3 heterocycles. The molecule has 3 saturated heterocycles. The molecule has 2 N–H and O–H groups in total. The highest BCUT2D eigenvalue weighted by atomic mass is 16.3. The zero-order valence-corrected chi connectivity index (χ0v) is 9.86. The number of hydrogen-bond donors (Lipinski definition) is 2. The van der Waals surface area contributed by atoms with Gasteiger partial charge in [0.15, 0.2) is 11.8 Å². The average Bonchev–Trinajstić information content (AvgIpc) is 2.36. The fourth-order valence-electron chi connectivity index (χ4n) is 3.26. The fraction of sp³-hybridized carbons (Fsp3) is 0.500. The van der Waals surface area contributed by atoms with Crippen molar-refractivity contribution in [2.45, 2.75) is 25.3 Å². The van der Waals surface area contributed by atoms with E-state index in [1.165, 1.54) is 4.90 Å². The molecule has 4 rings (SSSR count). The van der Waals surface area contributed by atoms with Crippen molar-refractivity contribution in [2.24, 2.45) is 5.92 Å². The van der Waals surface area contributed by atoms with Crippen LogP contribution in [0.25, 0.3) is 0 Å². The number of rotatable bonds is 2. The first-order valence-corrected chi connectivity index (χ1v) is 6.41. The molecule has 0 radical (unpaired) electrons. The van der Waals surface area contributed by atoms with E-state index in [4.69, 9.17) is 0 Å². The molecule has 2 bridgehead atoms. The highest BCUT2D eigenvalue weighted by Crippen LogP contribution is 2.23. The minimum Gasteiger partial charge on any atom is -0.508 e. The second-order valence-electron chi connectivity index (χ2n) is 5.22. The smallest absolute Gasteiger partial charge is 0.193 e. The number of ketones is 1. The molecule has 1 aromatic rings. The minimum absolute atomic E-state index is 0.0794. The number of carbonyl (C=O) groups is 1. The molecule has 1 aromatic carbocycles. The molecule has 0 unspecified atom stereocenters. The molecule has 3 aliphatic heterocycles. The lowest BCUT2D eigenvalue weighted by molar-refractivity contribution is -0.927. The Bertz CT molecular complexity index is 436. The topological polar surface area (TPSA) is 41.7 Å². The van der Waals surface area contributed by atoms with Crippen molar-refractivity contribution >= 4 is 5.78 Å². The number of nitrogens with one attached hydrogen (secondary N) is 1. The summed E-state index contributed by atoms with van der Waals surface area (Å²) in [5.41, 5.74) is 0.908. The summed E-state index contributed by atoms with van der Waals surface area (Å²) in [4.78, 5) is 13.6. The van der Waals surface area contributed by atoms with Gasteiger partial charge < -0.3 is 10.0 Å². The van der Waals surface area contributed by atoms with Crippen LogP contribution in [0.1, 0.15) is 18.4 Å². The SMILES string of the molecule is O=C1C2CC[NH+](CC2)[C@H]1Cc1ccccc1O. The monoisotopic (exact) mass is 232 g/mol. The number of fused-ring (bicyclic) bond motifs is 3. The van der Waals surface area contributed by atoms with Gasteiger partial charge in [0.25, 0.3) is 0 Å². The predicted molar refractivity (Wildman–Crippen MR) is 64.0 cm³/mol. The second-order valence-corrected chi connectivity index (χ2v) is 5.22. The Morgan fingerprint density at radius 2 is 1.94 bits per heavy atom. The van der Waals surface area contributed by atoms with Crippen LogP contribution in [0.2, 0.25) is 0 Å². The number of phenolic OH excluding ortho intramolecular Hbond substituents is 1. The fourth-order valence-corrected chi connectivity index (χ4v) is 3.26. The molecule has 17 heavy (non-hydrogen) atoms. The number of aromatic hydroxyl groups is 1. The molecular formula is C14H18NO2+. The molecule has 3 aliphatic rings. The first kappa shape index (κ1) is 10.8. The summed E-state index contributed by atoms with van der Waals surface area (Å²) < 4.78 is 0. The third kappa shape index (κ3) is 1.84. The Balaban J connectivity index is 1.81. The van der Waals surface area contributed by atoms with Crippen molar-refractivity contribution in [3.63, 3.8) is 0 Å². The number of benzene rings is 1. The van der Waals surface area contributed by atoms with Crippen molar-refractivity contribution in [3.05, 3.63) is 29.8 Å². The van der Waals surface area contributed by atoms with Gasteiger partial charge in [0.1, 0.15) is 5.75 Å². The molecule has 3 heteroatoms. The standard InChI is InChI=1S/C14H17NO2/c16-13-4-2-1-3-11(13)9-12-14(17)10-5-7-15(12)8-6-10/h1-4,10,12,16H,5-9H2/p+1/t12-/m0/s1. The van der Waals surface area contributed by atoms with Gasteiger partial charge in [-0.1, -0.05) is 18.2 Å². The van der Waals surface area contributed by atoms with Crippen molar-refractivity contribution in [3.8, 4) is 5.75 Å². The van der Waals surface area contributed by atoms with Crippen LogP contribution in [-0.2, 0) is 11.2 Å². The van der Waals surface area contributed by atoms with E-state index in [9.17, 15) is 9.90 Å². The third-order valence-electron chi connectivity index (χ3n) is 4.28. The van der Waals surface area contributed by atoms with Crippen molar-refractivity contribution < 1.29 is 14.8 Å². The van der Waals surface area contributed by atoms with Crippen LogP contribution in [0, 0.1) is 5.92 Å². The first-order valence-electron chi connectivity index (χ1n) is 6.41. The number of hydrogen-bond acceptors (Lipinski definition) is 2. The summed E-state index contributed by atoms with van der Waals surface area (Å²) in [6, 6.07) is 7.44. The summed E-state index contributed by atoms with van der Waals surface area (Å²) in [6.07, 6.45) is 2.81. The minimum atomic E-state index is 0.0794. The Labute approximate surface area is 101 Å². The molecule has 3 fully saturated rings. The number of Topliss-reactive ketones (excluding diaryl/α,β-unsaturated/α-hetero) is 1. The lowest BCUT2D eigenvalue weighted by Crippen LogP contribution is -3.20. The average molecular weight is 232 g/mol. The maximum absolute atomic E-state index is 12.2. The van der Waals surface area contributed by atoms with Crippen LogP contribution in [0.15, 0.2) is 24.3 Å². The number of carbonyl (C=O) groups excluding carboxylic acids is 1. The summed E-state index contributed by atoms with van der Waals surface area (Å²) >= 11 is 0. The summed E-state index contributed by atoms with van der Waals surface area (Å²) in [7, 11) is 0. The highest BCUT2D eigenvalue weighted by molar-refractivity contribution is 5.86. The zero-order chi connectivity index (χ0) is 11.8. The second kappa shape index (κ2) is 4.15. The van der Waals surface area contributed by atoms with E-state index in [2.05, 4.69) is 0 Å². The number of quaternary nitrogens is 1. The van der Waals surface area contributed by atoms with Crippen LogP contribution >= 0.6 is 0 Å². The molecule has 0 saturated carbocycles. The number of piperidine rings is 3. The Morgan fingerprint density at radius 3 is 2.59 bits per heavy atom. The van der Waals surface area contributed by atoms with E-state index in [0.29, 0.717) is 23.9 Å². The Morgan fingerprint density at radius 1 is 1.24 bits per heavy atom. The lowest BCUT2D eigenvalue weighted by Gasteiger charge is -2.41. The zero-order valence-electron chi connectivity index (χ0n) is 9.86. The summed E-state index contributed by atoms with van der Waals surface area (Å²) in [6.45, 7) is 2.24. The van der Waals surface area contributed by atoms with Crippen LogP contribution < -0.4 is 4.90 Å². The van der Waals surface area contributed by atoms with Crippen molar-refractivity contribution in [1.82, 2.24) is 0 Å². The van der Waals surface area contributed by atoms with Crippen LogP contribution in [-0.4, -0.2) is 30.0 Å². The van der Waals surface area contributed by atoms with Gasteiger partial charge in [-0.3, -0.25) is 4.79 Å². The van der Waals surface area contributed by atoms with Gasteiger partial charge >= 0.3 is 0 Å². The van der Waals surface area contributed by atoms with Crippen LogP contribution in [0.4, 0.5) is 0 Å². The largest absolute Gasteiger partial charge is 0.508 e. The van der Waals surface area contributed by atoms with Gasteiger partial charge in [0, 0.05) is 30.7 Å². The van der Waals surface area contributed by atoms with Gasteiger partial charge in [-0.15, -0.1) is 0 Å². The summed E-state index contributed by atoms with van der Waals surface area (Å²) in [5, 5.41) is 9.78. The van der Waals surface area contributed by atoms with E-state index in [1.54, 1.807) is 6.07 Å². The molecule has 0 amide bonds.